The number of aliphatic hydroxyl groups is 1. The minimum Gasteiger partial charge on any atom is -0.478 e. The fraction of sp³-hybridized carbons (Fsp3) is 0.289. The summed E-state index contributed by atoms with van der Waals surface area (Å²) in [6.45, 7) is 6.82. The minimum atomic E-state index is -3.75. The molecule has 4 aromatic carbocycles. The monoisotopic (exact) mass is 668 g/mol. The van der Waals surface area contributed by atoms with Gasteiger partial charge < -0.3 is 25.0 Å². The van der Waals surface area contributed by atoms with Crippen molar-refractivity contribution in [2.45, 2.75) is 56.3 Å². The maximum absolute atomic E-state index is 12.8. The van der Waals surface area contributed by atoms with Gasteiger partial charge in [0.25, 0.3) is 10.0 Å². The number of fused-ring (bicyclic) bond motifs is 1. The number of carboxylic acid groups (broad SMARTS) is 1. The van der Waals surface area contributed by atoms with E-state index in [4.69, 9.17) is 0 Å². The van der Waals surface area contributed by atoms with Crippen LogP contribution >= 0.6 is 0 Å². The van der Waals surface area contributed by atoms with Gasteiger partial charge >= 0.3 is 5.97 Å². The van der Waals surface area contributed by atoms with Crippen molar-refractivity contribution in [3.63, 3.8) is 0 Å². The molecule has 5 aromatic rings. The Labute approximate surface area is 282 Å². The maximum atomic E-state index is 12.8. The number of anilines is 1. The number of carboxylic acids is 1. The van der Waals surface area contributed by atoms with E-state index in [0.717, 1.165) is 42.5 Å². The molecule has 0 fully saturated rings. The second-order valence-electron chi connectivity index (χ2n) is 12.9. The number of hydrogen-bond acceptors (Lipinski definition) is 6. The van der Waals surface area contributed by atoms with Crippen LogP contribution in [0.15, 0.2) is 114 Å². The highest BCUT2D eigenvalue weighted by Gasteiger charge is 2.22. The molecule has 1 aromatic heterocycles. The van der Waals surface area contributed by atoms with Crippen LogP contribution < -0.4 is 10.0 Å². The zero-order valence-electron chi connectivity index (χ0n) is 27.6. The molecule has 5 rings (SSSR count). The van der Waals surface area contributed by atoms with Crippen molar-refractivity contribution in [3.05, 3.63) is 132 Å². The molecule has 0 saturated carbocycles. The predicted molar refractivity (Wildman–Crippen MR) is 191 cm³/mol. The highest BCUT2D eigenvalue weighted by molar-refractivity contribution is 7.92. The number of carbonyl (C=O) groups is 1. The zero-order valence-corrected chi connectivity index (χ0v) is 28.5. The number of sulfonamides is 1. The van der Waals surface area contributed by atoms with Gasteiger partial charge in [-0.3, -0.25) is 4.72 Å². The maximum Gasteiger partial charge on any atom is 0.335 e. The van der Waals surface area contributed by atoms with E-state index in [1.54, 1.807) is 54.6 Å². The van der Waals surface area contributed by atoms with Crippen LogP contribution in [0.4, 0.5) is 5.69 Å². The molecule has 0 aliphatic rings. The molecule has 0 amide bonds. The first kappa shape index (κ1) is 34.8. The molecule has 1 atom stereocenters. The summed E-state index contributed by atoms with van der Waals surface area (Å²) in [6, 6.07) is 32.7. The summed E-state index contributed by atoms with van der Waals surface area (Å²) in [6.07, 6.45) is 0.689. The molecule has 0 saturated heterocycles. The second kappa shape index (κ2) is 15.2. The molecule has 10 heteroatoms. The van der Waals surface area contributed by atoms with Crippen molar-refractivity contribution in [1.82, 2.24) is 14.8 Å². The number of β-amino-alcohol motifs (C(OH)–C–C–N with tert-alkyl or cyclic N) is 1. The van der Waals surface area contributed by atoms with Crippen LogP contribution in [0.5, 0.6) is 0 Å². The Bertz CT molecular complexity index is 1940. The molecule has 0 radical (unpaired) electrons. The van der Waals surface area contributed by atoms with E-state index in [9.17, 15) is 23.4 Å². The van der Waals surface area contributed by atoms with E-state index in [-0.39, 0.29) is 22.5 Å². The fourth-order valence-electron chi connectivity index (χ4n) is 5.81. The Morgan fingerprint density at radius 3 is 2.33 bits per heavy atom. The van der Waals surface area contributed by atoms with E-state index in [2.05, 4.69) is 58.6 Å². The van der Waals surface area contributed by atoms with Crippen LogP contribution in [0.2, 0.25) is 0 Å². The number of aromatic nitrogens is 1. The molecule has 1 heterocycles. The lowest BCUT2D eigenvalue weighted by Crippen LogP contribution is -2.42. The highest BCUT2D eigenvalue weighted by Crippen LogP contribution is 2.26. The SMILES string of the molecule is CN(CCc1cc2cc(C(=O)O)ccc2n1CCC(C)(C)NC[C@H](O)c1cccc(NS(=O)(=O)c2ccccc2)c1)Cc1ccccc1. The molecular formula is C38H44N4O5S. The van der Waals surface area contributed by atoms with Gasteiger partial charge in [0.05, 0.1) is 16.6 Å². The minimum absolute atomic E-state index is 0.166. The third-order valence-corrected chi connectivity index (χ3v) is 9.99. The van der Waals surface area contributed by atoms with E-state index < -0.39 is 22.1 Å². The second-order valence-corrected chi connectivity index (χ2v) is 14.6. The van der Waals surface area contributed by atoms with Crippen LogP contribution in [0.1, 0.15) is 53.6 Å². The number of aliphatic hydroxyl groups excluding tert-OH is 1. The van der Waals surface area contributed by atoms with Gasteiger partial charge in [0.2, 0.25) is 0 Å². The topological polar surface area (TPSA) is 124 Å². The largest absolute Gasteiger partial charge is 0.478 e. The van der Waals surface area contributed by atoms with Crippen LogP contribution in [0.25, 0.3) is 10.9 Å². The molecule has 252 valence electrons. The summed E-state index contributed by atoms with van der Waals surface area (Å²) < 4.78 is 30.5. The van der Waals surface area contributed by atoms with Crippen LogP contribution in [0.3, 0.4) is 0 Å². The lowest BCUT2D eigenvalue weighted by atomic mass is 9.99. The first-order valence-electron chi connectivity index (χ1n) is 16.1. The van der Waals surface area contributed by atoms with Crippen molar-refractivity contribution in [2.75, 3.05) is 24.9 Å². The Morgan fingerprint density at radius 2 is 1.62 bits per heavy atom. The number of nitrogens with one attached hydrogen (secondary N) is 2. The molecule has 0 aliphatic carbocycles. The van der Waals surface area contributed by atoms with Crippen molar-refractivity contribution in [3.8, 4) is 0 Å². The molecule has 48 heavy (non-hydrogen) atoms. The Balaban J connectivity index is 1.24. The van der Waals surface area contributed by atoms with Crippen molar-refractivity contribution in [2.24, 2.45) is 0 Å². The van der Waals surface area contributed by atoms with E-state index in [1.807, 2.05) is 24.3 Å². The lowest BCUT2D eigenvalue weighted by molar-refractivity contribution is 0.0697. The standard InChI is InChI=1S/C38H44N4O5S/c1-38(2,39-26-36(43)29-13-10-14-32(24-29)40-48(46,47)34-15-8-5-9-16-34)20-22-42-33(19-21-41(3)27-28-11-6-4-7-12-28)25-31-23-30(37(44)45)17-18-35(31)42/h4-18,23-25,36,39-40,43H,19-22,26-27H2,1-3H3,(H,44,45)/t36-/m0/s1. The smallest absolute Gasteiger partial charge is 0.335 e. The fourth-order valence-corrected chi connectivity index (χ4v) is 6.88. The Kier molecular flexibility index (Phi) is 11.0. The summed E-state index contributed by atoms with van der Waals surface area (Å²) in [5, 5.41) is 25.0. The van der Waals surface area contributed by atoms with Gasteiger partial charge in [-0.1, -0.05) is 60.7 Å². The first-order chi connectivity index (χ1) is 22.9. The summed E-state index contributed by atoms with van der Waals surface area (Å²) in [5.74, 6) is -0.947. The number of nitrogens with zero attached hydrogens (tertiary/aromatic N) is 2. The zero-order chi connectivity index (χ0) is 34.3. The van der Waals surface area contributed by atoms with Gasteiger partial charge in [-0.05, 0) is 87.0 Å². The average molecular weight is 669 g/mol. The Morgan fingerprint density at radius 1 is 0.917 bits per heavy atom. The van der Waals surface area contributed by atoms with Gasteiger partial charge in [-0.15, -0.1) is 0 Å². The summed E-state index contributed by atoms with van der Waals surface area (Å²) >= 11 is 0. The average Bonchev–Trinajstić information content (AvgIpc) is 3.43. The van der Waals surface area contributed by atoms with Gasteiger partial charge in [0.1, 0.15) is 0 Å². The summed E-state index contributed by atoms with van der Waals surface area (Å²) in [7, 11) is -1.65. The molecule has 0 spiro atoms. The molecule has 0 bridgehead atoms. The number of aryl methyl sites for hydroxylation is 1. The van der Waals surface area contributed by atoms with Gasteiger partial charge in [-0.25, -0.2) is 13.2 Å². The van der Waals surface area contributed by atoms with Crippen LogP contribution in [0, 0.1) is 0 Å². The molecule has 0 unspecified atom stereocenters. The van der Waals surface area contributed by atoms with Gasteiger partial charge in [0, 0.05) is 60.4 Å². The van der Waals surface area contributed by atoms with Gasteiger partial charge in [-0.2, -0.15) is 0 Å². The number of benzene rings is 4. The van der Waals surface area contributed by atoms with Crippen LogP contribution in [-0.4, -0.2) is 59.7 Å². The van der Waals surface area contributed by atoms with Gasteiger partial charge in [0.15, 0.2) is 0 Å². The van der Waals surface area contributed by atoms with Crippen molar-refractivity contribution >= 4 is 32.6 Å². The third-order valence-electron chi connectivity index (χ3n) is 8.59. The highest BCUT2D eigenvalue weighted by atomic mass is 32.2. The number of likely N-dealkylation sites (N-methyl/N-ethyl adjacent to an activating group) is 1. The normalized spacial score (nSPS) is 12.8. The van der Waals surface area contributed by atoms with Crippen LogP contribution in [-0.2, 0) is 29.5 Å². The van der Waals surface area contributed by atoms with E-state index in [0.29, 0.717) is 17.8 Å². The third kappa shape index (κ3) is 9.11. The first-order valence-corrected chi connectivity index (χ1v) is 17.6. The number of hydrogen-bond donors (Lipinski definition) is 4. The quantitative estimate of drug-likeness (QED) is 0.0972. The molecule has 4 N–H and O–H groups in total. The molecule has 0 aliphatic heterocycles. The van der Waals surface area contributed by atoms with E-state index >= 15 is 0 Å². The number of aromatic carboxylic acids is 1. The van der Waals surface area contributed by atoms with E-state index in [1.165, 1.54) is 17.7 Å². The van der Waals surface area contributed by atoms with Crippen molar-refractivity contribution in [1.29, 1.82) is 0 Å². The Hall–Kier alpha value is -4.48. The summed E-state index contributed by atoms with van der Waals surface area (Å²) in [5.41, 5.74) is 4.26. The lowest BCUT2D eigenvalue weighted by Gasteiger charge is -2.29. The van der Waals surface area contributed by atoms with Crippen molar-refractivity contribution < 1.29 is 23.4 Å². The molecule has 9 nitrogen and oxygen atoms in total. The number of rotatable bonds is 16. The predicted octanol–water partition coefficient (Wildman–Crippen LogP) is 6.31. The molecular weight excluding hydrogens is 625 g/mol. The summed E-state index contributed by atoms with van der Waals surface area (Å²) in [4.78, 5) is 14.1.